The maximum Gasteiger partial charge on any atom is 0.159 e. The molecule has 2 aromatic heterocycles. The van der Waals surface area contributed by atoms with Crippen LogP contribution in [0.15, 0.2) is 30.5 Å². The quantitative estimate of drug-likeness (QED) is 0.637. The van der Waals surface area contributed by atoms with Gasteiger partial charge < -0.3 is 9.64 Å². The highest BCUT2D eigenvalue weighted by molar-refractivity contribution is 5.81. The lowest BCUT2D eigenvalue weighted by Gasteiger charge is -2.63. The van der Waals surface area contributed by atoms with Crippen LogP contribution in [-0.2, 0) is 4.74 Å². The van der Waals surface area contributed by atoms with E-state index in [0.717, 1.165) is 55.2 Å². The zero-order valence-electron chi connectivity index (χ0n) is 18.5. The minimum absolute atomic E-state index is 0.449. The van der Waals surface area contributed by atoms with E-state index < -0.39 is 0 Å². The molecule has 3 aromatic rings. The van der Waals surface area contributed by atoms with Crippen molar-refractivity contribution in [2.45, 2.75) is 38.1 Å². The van der Waals surface area contributed by atoms with Crippen molar-refractivity contribution in [3.05, 3.63) is 41.9 Å². The molecule has 8 rings (SSSR count). The normalized spacial score (nSPS) is 27.4. The number of rotatable bonds is 4. The molecular formula is C25H28N6O. The molecule has 3 saturated heterocycles. The van der Waals surface area contributed by atoms with Gasteiger partial charge in [-0.3, -0.25) is 4.90 Å². The largest absolute Gasteiger partial charge is 0.378 e. The van der Waals surface area contributed by atoms with Gasteiger partial charge >= 0.3 is 0 Å². The highest BCUT2D eigenvalue weighted by Crippen LogP contribution is 2.75. The lowest BCUT2D eigenvalue weighted by atomic mass is 9.72. The molecule has 32 heavy (non-hydrogen) atoms. The van der Waals surface area contributed by atoms with E-state index in [9.17, 15) is 0 Å². The molecule has 3 aliphatic heterocycles. The average Bonchev–Trinajstić information content (AvgIpc) is 3.58. The monoisotopic (exact) mass is 428 g/mol. The van der Waals surface area contributed by atoms with E-state index in [1.165, 1.54) is 43.3 Å². The molecule has 2 saturated carbocycles. The predicted molar refractivity (Wildman–Crippen MR) is 121 cm³/mol. The average molecular weight is 429 g/mol. The minimum Gasteiger partial charge on any atom is -0.378 e. The van der Waals surface area contributed by atoms with Crippen LogP contribution in [0.25, 0.3) is 16.7 Å². The fraction of sp³-hybridized carbons (Fsp3) is 0.560. The van der Waals surface area contributed by atoms with Gasteiger partial charge in [0.15, 0.2) is 5.82 Å². The van der Waals surface area contributed by atoms with Crippen LogP contribution >= 0.6 is 0 Å². The van der Waals surface area contributed by atoms with Crippen molar-refractivity contribution < 1.29 is 4.74 Å². The number of fused-ring (bicyclic) bond motifs is 1. The van der Waals surface area contributed by atoms with E-state index in [-0.39, 0.29) is 0 Å². The van der Waals surface area contributed by atoms with Gasteiger partial charge in [0.25, 0.3) is 0 Å². The molecule has 5 fully saturated rings. The Labute approximate surface area is 187 Å². The fourth-order valence-electron chi connectivity index (χ4n) is 6.41. The molecule has 0 N–H and O–H groups in total. The molecule has 2 aliphatic carbocycles. The van der Waals surface area contributed by atoms with Crippen LogP contribution in [0.2, 0.25) is 0 Å². The Balaban J connectivity index is 1.06. The van der Waals surface area contributed by atoms with Crippen LogP contribution in [-0.4, -0.2) is 70.1 Å². The Morgan fingerprint density at radius 1 is 1.00 bits per heavy atom. The first-order chi connectivity index (χ1) is 15.6. The first-order valence-corrected chi connectivity index (χ1v) is 12.0. The van der Waals surface area contributed by atoms with Gasteiger partial charge in [0.1, 0.15) is 11.6 Å². The van der Waals surface area contributed by atoms with Gasteiger partial charge in [0.2, 0.25) is 0 Å². The highest BCUT2D eigenvalue weighted by atomic mass is 16.5. The van der Waals surface area contributed by atoms with Gasteiger partial charge in [-0.15, -0.1) is 0 Å². The number of aromatic nitrogens is 4. The Morgan fingerprint density at radius 2 is 1.81 bits per heavy atom. The van der Waals surface area contributed by atoms with E-state index in [2.05, 4.69) is 34.1 Å². The second-order valence-electron chi connectivity index (χ2n) is 11.1. The summed E-state index contributed by atoms with van der Waals surface area (Å²) in [6.45, 7) is 8.38. The van der Waals surface area contributed by atoms with E-state index in [0.29, 0.717) is 16.9 Å². The summed E-state index contributed by atoms with van der Waals surface area (Å²) in [5, 5.41) is 5.89. The SMILES string of the molecule is Cc1nc(N2CC3(C2)CN(C2COC2)C3)cc(-n2ncc3ccc([C@@H]4CC45CC5)cc32)n1. The number of aryl methyl sites for hydroxylation is 1. The highest BCUT2D eigenvalue weighted by Gasteiger charge is 2.63. The molecule has 164 valence electrons. The molecule has 0 radical (unpaired) electrons. The number of nitrogens with zero attached hydrogens (tertiary/aromatic N) is 6. The zero-order valence-corrected chi connectivity index (χ0v) is 18.5. The third kappa shape index (κ3) is 2.52. The first kappa shape index (κ1) is 18.0. The Bertz CT molecular complexity index is 1240. The van der Waals surface area contributed by atoms with Crippen LogP contribution in [0, 0.1) is 17.8 Å². The van der Waals surface area contributed by atoms with Gasteiger partial charge in [0, 0.05) is 43.0 Å². The number of ether oxygens (including phenoxy) is 1. The van der Waals surface area contributed by atoms with E-state index in [1.807, 2.05) is 17.8 Å². The molecule has 2 spiro atoms. The minimum atomic E-state index is 0.449. The molecule has 7 heteroatoms. The number of likely N-dealkylation sites (tertiary alicyclic amines) is 1. The third-order valence-corrected chi connectivity index (χ3v) is 8.70. The molecule has 1 atom stereocenters. The van der Waals surface area contributed by atoms with Crippen molar-refractivity contribution >= 4 is 16.7 Å². The second-order valence-corrected chi connectivity index (χ2v) is 11.1. The molecule has 0 unspecified atom stereocenters. The van der Waals surface area contributed by atoms with Gasteiger partial charge in [0.05, 0.1) is 31.0 Å². The molecule has 0 amide bonds. The van der Waals surface area contributed by atoms with Crippen LogP contribution in [0.4, 0.5) is 5.82 Å². The Kier molecular flexibility index (Phi) is 3.31. The second kappa shape index (κ2) is 5.88. The van der Waals surface area contributed by atoms with Crippen molar-refractivity contribution in [1.82, 2.24) is 24.6 Å². The Morgan fingerprint density at radius 3 is 2.53 bits per heavy atom. The third-order valence-electron chi connectivity index (χ3n) is 8.70. The maximum atomic E-state index is 5.35. The molecule has 5 aliphatic rings. The van der Waals surface area contributed by atoms with Crippen molar-refractivity contribution in [3.63, 3.8) is 0 Å². The smallest absolute Gasteiger partial charge is 0.159 e. The number of hydrogen-bond acceptors (Lipinski definition) is 6. The standard InChI is InChI=1S/C25H28N6O/c1-16-27-22(30-14-24(15-30)12-29(13-24)19-10-32-11-19)7-23(28-16)31-21-6-17(2-3-18(21)9-26-31)20-8-25(20)4-5-25/h2-3,6-7,9,19-20H,4-5,8,10-15H2,1H3/t20-/m0/s1. The summed E-state index contributed by atoms with van der Waals surface area (Å²) in [6.07, 6.45) is 6.15. The lowest BCUT2D eigenvalue weighted by molar-refractivity contribution is -0.137. The zero-order chi connectivity index (χ0) is 21.1. The maximum absolute atomic E-state index is 5.35. The van der Waals surface area contributed by atoms with E-state index in [4.69, 9.17) is 19.8 Å². The van der Waals surface area contributed by atoms with Crippen LogP contribution in [0.1, 0.15) is 36.6 Å². The topological polar surface area (TPSA) is 59.3 Å². The number of anilines is 1. The molecule has 5 heterocycles. The van der Waals surface area contributed by atoms with Crippen LogP contribution in [0.3, 0.4) is 0 Å². The molecule has 0 bridgehead atoms. The van der Waals surface area contributed by atoms with Gasteiger partial charge in [-0.25, -0.2) is 14.6 Å². The van der Waals surface area contributed by atoms with Crippen molar-refractivity contribution in [3.8, 4) is 5.82 Å². The lowest BCUT2D eigenvalue weighted by Crippen LogP contribution is -2.75. The van der Waals surface area contributed by atoms with Gasteiger partial charge in [-0.05, 0) is 49.1 Å². The summed E-state index contributed by atoms with van der Waals surface area (Å²) < 4.78 is 7.36. The molecule has 7 nitrogen and oxygen atoms in total. The van der Waals surface area contributed by atoms with E-state index in [1.54, 1.807) is 0 Å². The number of benzene rings is 1. The van der Waals surface area contributed by atoms with Crippen molar-refractivity contribution in [2.24, 2.45) is 10.8 Å². The summed E-state index contributed by atoms with van der Waals surface area (Å²) in [5.41, 5.74) is 3.74. The molecular weight excluding hydrogens is 400 g/mol. The predicted octanol–water partition coefficient (Wildman–Crippen LogP) is 2.91. The summed E-state index contributed by atoms with van der Waals surface area (Å²) in [6, 6.07) is 9.66. The van der Waals surface area contributed by atoms with Gasteiger partial charge in [-0.2, -0.15) is 5.10 Å². The summed E-state index contributed by atoms with van der Waals surface area (Å²) in [5.74, 6) is 3.46. The Hall–Kier alpha value is -2.51. The van der Waals surface area contributed by atoms with Gasteiger partial charge in [-0.1, -0.05) is 12.1 Å². The fourth-order valence-corrected chi connectivity index (χ4v) is 6.41. The molecule has 1 aromatic carbocycles. The number of hydrogen-bond donors (Lipinski definition) is 0. The van der Waals surface area contributed by atoms with E-state index >= 15 is 0 Å². The van der Waals surface area contributed by atoms with Crippen LogP contribution in [0.5, 0.6) is 0 Å². The summed E-state index contributed by atoms with van der Waals surface area (Å²) in [4.78, 5) is 14.5. The summed E-state index contributed by atoms with van der Waals surface area (Å²) >= 11 is 0. The first-order valence-electron chi connectivity index (χ1n) is 12.0. The van der Waals surface area contributed by atoms with Crippen LogP contribution < -0.4 is 4.90 Å². The summed E-state index contributed by atoms with van der Waals surface area (Å²) in [7, 11) is 0. The van der Waals surface area contributed by atoms with Crippen molar-refractivity contribution in [1.29, 1.82) is 0 Å². The van der Waals surface area contributed by atoms with Crippen molar-refractivity contribution in [2.75, 3.05) is 44.3 Å².